The van der Waals surface area contributed by atoms with Crippen LogP contribution in [0.1, 0.15) is 130 Å². The molecule has 0 aliphatic rings. The maximum absolute atomic E-state index is 8.70. The van der Waals surface area contributed by atoms with Gasteiger partial charge in [0.25, 0.3) is 0 Å². The van der Waals surface area contributed by atoms with E-state index in [1.807, 2.05) is 13.8 Å². The summed E-state index contributed by atoms with van der Waals surface area (Å²) in [5.41, 5.74) is 7.40. The van der Waals surface area contributed by atoms with Crippen LogP contribution in [0.3, 0.4) is 0 Å². The SMILES string of the molecule is O=[P+](O)O.[CH2-]c1cc(C(C)(C)C)c(OCC)c(C(C)(C)C)c1.[CH2-]c1cc(C(C)(C)C)c(OCC)c(C(C)(C)C)c1.[Ca+2]. The smallest absolute Gasteiger partial charge is 0.495 e. The van der Waals surface area contributed by atoms with E-state index in [1.165, 1.54) is 22.3 Å². The van der Waals surface area contributed by atoms with Crippen LogP contribution in [0.25, 0.3) is 0 Å². The molecule has 0 saturated heterocycles. The Balaban J connectivity index is 0. The fraction of sp³-hybridized carbons (Fsp3) is 0.588. The molecule has 2 aromatic rings. The molecule has 0 saturated carbocycles. The van der Waals surface area contributed by atoms with E-state index in [2.05, 4.69) is 121 Å². The Bertz CT molecular complexity index is 956. The zero-order valence-electron chi connectivity index (χ0n) is 28.4. The zero-order valence-corrected chi connectivity index (χ0v) is 31.5. The normalized spacial score (nSPS) is 11.7. The van der Waals surface area contributed by atoms with Gasteiger partial charge in [0.1, 0.15) is 11.5 Å². The molecular weight excluding hydrogens is 559 g/mol. The summed E-state index contributed by atoms with van der Waals surface area (Å²) < 4.78 is 20.6. The molecule has 41 heavy (non-hydrogen) atoms. The van der Waals surface area contributed by atoms with Gasteiger partial charge in [-0.3, -0.25) is 0 Å². The molecule has 0 heterocycles. The average molecular weight is 616 g/mol. The molecule has 0 atom stereocenters. The molecule has 0 radical (unpaired) electrons. The summed E-state index contributed by atoms with van der Waals surface area (Å²) in [5.74, 6) is 2.09. The number of hydrogen-bond acceptors (Lipinski definition) is 3. The minimum absolute atomic E-state index is 0. The van der Waals surface area contributed by atoms with Crippen LogP contribution in [-0.2, 0) is 26.2 Å². The molecular formula is C34H56CaO5P+. The van der Waals surface area contributed by atoms with Crippen molar-refractivity contribution < 1.29 is 23.8 Å². The summed E-state index contributed by atoms with van der Waals surface area (Å²) in [6, 6.07) is 8.61. The molecule has 0 aromatic heterocycles. The Morgan fingerprint density at radius 2 is 0.756 bits per heavy atom. The third kappa shape index (κ3) is 14.4. The van der Waals surface area contributed by atoms with E-state index in [-0.39, 0.29) is 59.4 Å². The van der Waals surface area contributed by atoms with Gasteiger partial charge in [0.15, 0.2) is 0 Å². The van der Waals surface area contributed by atoms with E-state index in [9.17, 15) is 0 Å². The van der Waals surface area contributed by atoms with Gasteiger partial charge in [0, 0.05) is 4.57 Å². The molecule has 2 rings (SSSR count). The van der Waals surface area contributed by atoms with Crippen molar-refractivity contribution in [1.82, 2.24) is 0 Å². The molecule has 0 amide bonds. The fourth-order valence-corrected chi connectivity index (χ4v) is 4.21. The minimum atomic E-state index is -2.87. The van der Waals surface area contributed by atoms with Gasteiger partial charge < -0.3 is 9.47 Å². The molecule has 0 spiro atoms. The molecule has 0 fully saturated rings. The summed E-state index contributed by atoms with van der Waals surface area (Å²) in [7, 11) is -2.87. The third-order valence-electron chi connectivity index (χ3n) is 6.11. The van der Waals surface area contributed by atoms with Crippen molar-refractivity contribution in [2.75, 3.05) is 13.2 Å². The largest absolute Gasteiger partial charge is 2.00 e. The number of benzene rings is 2. The van der Waals surface area contributed by atoms with Gasteiger partial charge in [-0.2, -0.15) is 49.2 Å². The molecule has 7 heteroatoms. The van der Waals surface area contributed by atoms with Crippen LogP contribution < -0.4 is 9.47 Å². The molecule has 0 unspecified atom stereocenters. The van der Waals surface area contributed by atoms with E-state index in [0.717, 1.165) is 22.6 Å². The second kappa shape index (κ2) is 16.8. The molecule has 2 aromatic carbocycles. The van der Waals surface area contributed by atoms with Crippen molar-refractivity contribution in [3.8, 4) is 11.5 Å². The van der Waals surface area contributed by atoms with Crippen molar-refractivity contribution in [2.45, 2.75) is 119 Å². The second-order valence-corrected chi connectivity index (χ2v) is 14.7. The minimum Gasteiger partial charge on any atom is -0.495 e. The van der Waals surface area contributed by atoms with Crippen molar-refractivity contribution in [2.24, 2.45) is 0 Å². The predicted molar refractivity (Wildman–Crippen MR) is 177 cm³/mol. The molecule has 0 bridgehead atoms. The third-order valence-corrected chi connectivity index (χ3v) is 6.11. The summed E-state index contributed by atoms with van der Waals surface area (Å²) in [6.07, 6.45) is 0. The second-order valence-electron chi connectivity index (χ2n) is 14.2. The summed E-state index contributed by atoms with van der Waals surface area (Å²) in [6.45, 7) is 40.3. The standard InChI is InChI=1S/2C17H27O.Ca.HO3P/c2*1-9-18-15-13(16(3,4)5)10-12(2)11-14(15)17(6,7)8;;1-4(2)3/h2*10-11H,2,9H2,1,3-8H3;;(H-,1,2,3)/q2*-1;+2;/p+1. The zero-order chi connectivity index (χ0) is 31.9. The fourth-order valence-electron chi connectivity index (χ4n) is 4.21. The van der Waals surface area contributed by atoms with Gasteiger partial charge in [-0.05, 0) is 35.5 Å². The first kappa shape index (κ1) is 42.2. The molecule has 0 aliphatic carbocycles. The summed E-state index contributed by atoms with van der Waals surface area (Å²) in [4.78, 5) is 14.2. The van der Waals surface area contributed by atoms with E-state index in [0.29, 0.717) is 13.2 Å². The van der Waals surface area contributed by atoms with Gasteiger partial charge >= 0.3 is 46.0 Å². The number of hydrogen-bond donors (Lipinski definition) is 2. The van der Waals surface area contributed by atoms with Gasteiger partial charge in [-0.25, -0.2) is 0 Å². The van der Waals surface area contributed by atoms with Crippen molar-refractivity contribution in [1.29, 1.82) is 0 Å². The predicted octanol–water partition coefficient (Wildman–Crippen LogP) is 8.97. The number of rotatable bonds is 4. The van der Waals surface area contributed by atoms with Crippen LogP contribution in [0, 0.1) is 13.8 Å². The Hall–Kier alpha value is -0.940. The van der Waals surface area contributed by atoms with E-state index in [1.54, 1.807) is 0 Å². The van der Waals surface area contributed by atoms with Gasteiger partial charge in [-0.1, -0.05) is 105 Å². The Labute approximate surface area is 282 Å². The van der Waals surface area contributed by atoms with Gasteiger partial charge in [0.2, 0.25) is 0 Å². The monoisotopic (exact) mass is 615 g/mol. The van der Waals surface area contributed by atoms with Crippen LogP contribution in [0.4, 0.5) is 0 Å². The van der Waals surface area contributed by atoms with Gasteiger partial charge in [0.05, 0.1) is 13.2 Å². The van der Waals surface area contributed by atoms with Crippen molar-refractivity contribution in [3.05, 3.63) is 71.5 Å². The van der Waals surface area contributed by atoms with Crippen molar-refractivity contribution >= 4 is 46.0 Å². The Morgan fingerprint density at radius 1 is 0.585 bits per heavy atom. The first-order chi connectivity index (χ1) is 17.9. The molecule has 5 nitrogen and oxygen atoms in total. The van der Waals surface area contributed by atoms with E-state index >= 15 is 0 Å². The van der Waals surface area contributed by atoms with Crippen LogP contribution in [0.5, 0.6) is 11.5 Å². The van der Waals surface area contributed by atoms with Crippen LogP contribution in [0.2, 0.25) is 0 Å². The van der Waals surface area contributed by atoms with E-state index in [4.69, 9.17) is 23.8 Å². The van der Waals surface area contributed by atoms with Crippen LogP contribution in [0.15, 0.2) is 24.3 Å². The van der Waals surface area contributed by atoms with Crippen LogP contribution >= 0.6 is 8.25 Å². The Morgan fingerprint density at radius 3 is 0.878 bits per heavy atom. The maximum atomic E-state index is 8.70. The maximum Gasteiger partial charge on any atom is 2.00 e. The topological polar surface area (TPSA) is 76.0 Å². The van der Waals surface area contributed by atoms with Gasteiger partial charge in [-0.15, -0.1) is 9.79 Å². The summed E-state index contributed by atoms with van der Waals surface area (Å²) >= 11 is 0. The van der Waals surface area contributed by atoms with E-state index < -0.39 is 8.25 Å². The molecule has 0 aliphatic heterocycles. The Kier molecular flexibility index (Phi) is 17.3. The quantitative estimate of drug-likeness (QED) is 0.204. The summed E-state index contributed by atoms with van der Waals surface area (Å²) in [5, 5.41) is 0. The molecule has 228 valence electrons. The van der Waals surface area contributed by atoms with Crippen LogP contribution in [-0.4, -0.2) is 60.7 Å². The average Bonchev–Trinajstić information content (AvgIpc) is 2.73. The van der Waals surface area contributed by atoms with Crippen molar-refractivity contribution in [3.63, 3.8) is 0 Å². The first-order valence-electron chi connectivity index (χ1n) is 14.0. The number of ether oxygens (including phenoxy) is 2. The molecule has 2 N–H and O–H groups in total. The first-order valence-corrected chi connectivity index (χ1v) is 15.2.